The number of hydrogen-bond acceptors (Lipinski definition) is 2. The highest BCUT2D eigenvalue weighted by atomic mass is 35.5. The summed E-state index contributed by atoms with van der Waals surface area (Å²) in [5.74, 6) is 1.00. The molecule has 2 heterocycles. The standard InChI is InChI=1S/C15H18ClFN2O/c1-10(16)15-18-14-12(17)3-2-4-13(14)19(15)9-11-5-7-20-8-6-11/h2-4,10-11H,5-9H2,1H3. The monoisotopic (exact) mass is 296 g/mol. The molecule has 0 saturated carbocycles. The van der Waals surface area contributed by atoms with Gasteiger partial charge in [-0.3, -0.25) is 0 Å². The smallest absolute Gasteiger partial charge is 0.151 e. The molecule has 0 radical (unpaired) electrons. The van der Waals surface area contributed by atoms with Crippen molar-refractivity contribution in [3.63, 3.8) is 0 Å². The van der Waals surface area contributed by atoms with E-state index in [0.29, 0.717) is 11.4 Å². The average Bonchev–Trinajstić information content (AvgIpc) is 2.81. The molecule has 0 bridgehead atoms. The van der Waals surface area contributed by atoms with E-state index in [9.17, 15) is 4.39 Å². The lowest BCUT2D eigenvalue weighted by atomic mass is 10.0. The van der Waals surface area contributed by atoms with E-state index in [1.54, 1.807) is 6.07 Å². The first kappa shape index (κ1) is 13.8. The predicted octanol–water partition coefficient (Wildman–Crippen LogP) is 3.90. The summed E-state index contributed by atoms with van der Waals surface area (Å²) in [7, 11) is 0. The SMILES string of the molecule is CC(Cl)c1nc2c(F)cccc2n1CC1CCOCC1. The van der Waals surface area contributed by atoms with E-state index in [2.05, 4.69) is 9.55 Å². The van der Waals surface area contributed by atoms with Gasteiger partial charge >= 0.3 is 0 Å². The van der Waals surface area contributed by atoms with Gasteiger partial charge < -0.3 is 9.30 Å². The largest absolute Gasteiger partial charge is 0.381 e. The molecule has 1 saturated heterocycles. The Morgan fingerprint density at radius 1 is 1.45 bits per heavy atom. The van der Waals surface area contributed by atoms with Gasteiger partial charge in [-0.05, 0) is 37.8 Å². The van der Waals surface area contributed by atoms with Crippen molar-refractivity contribution in [2.45, 2.75) is 31.7 Å². The Morgan fingerprint density at radius 2 is 2.20 bits per heavy atom. The van der Waals surface area contributed by atoms with E-state index < -0.39 is 0 Å². The van der Waals surface area contributed by atoms with Gasteiger partial charge in [0.2, 0.25) is 0 Å². The number of para-hydroxylation sites is 1. The van der Waals surface area contributed by atoms with Gasteiger partial charge in [-0.25, -0.2) is 9.37 Å². The molecule has 20 heavy (non-hydrogen) atoms. The van der Waals surface area contributed by atoms with Gasteiger partial charge in [-0.2, -0.15) is 0 Å². The number of nitrogens with zero attached hydrogens (tertiary/aromatic N) is 2. The van der Waals surface area contributed by atoms with Crippen LogP contribution in [0.25, 0.3) is 11.0 Å². The highest BCUT2D eigenvalue weighted by Crippen LogP contribution is 2.28. The van der Waals surface area contributed by atoms with E-state index in [4.69, 9.17) is 16.3 Å². The Morgan fingerprint density at radius 3 is 2.90 bits per heavy atom. The first-order chi connectivity index (χ1) is 9.66. The minimum Gasteiger partial charge on any atom is -0.381 e. The van der Waals surface area contributed by atoms with E-state index >= 15 is 0 Å². The fraction of sp³-hybridized carbons (Fsp3) is 0.533. The lowest BCUT2D eigenvalue weighted by Gasteiger charge is -2.23. The van der Waals surface area contributed by atoms with E-state index in [1.807, 2.05) is 13.0 Å². The van der Waals surface area contributed by atoms with Crippen molar-refractivity contribution < 1.29 is 9.13 Å². The molecule has 1 aromatic carbocycles. The van der Waals surface area contributed by atoms with Crippen molar-refractivity contribution in [3.8, 4) is 0 Å². The molecular formula is C15H18ClFN2O. The van der Waals surface area contributed by atoms with Crippen molar-refractivity contribution in [1.82, 2.24) is 9.55 Å². The molecule has 0 amide bonds. The topological polar surface area (TPSA) is 27.1 Å². The van der Waals surface area contributed by atoms with Crippen LogP contribution in [0.2, 0.25) is 0 Å². The molecule has 0 N–H and O–H groups in total. The summed E-state index contributed by atoms with van der Waals surface area (Å²) in [6.07, 6.45) is 2.07. The summed E-state index contributed by atoms with van der Waals surface area (Å²) < 4.78 is 21.4. The fourth-order valence-corrected chi connectivity index (χ4v) is 2.98. The lowest BCUT2D eigenvalue weighted by molar-refractivity contribution is 0.0613. The van der Waals surface area contributed by atoms with Gasteiger partial charge in [-0.15, -0.1) is 11.6 Å². The van der Waals surface area contributed by atoms with Crippen molar-refractivity contribution in [2.75, 3.05) is 13.2 Å². The van der Waals surface area contributed by atoms with Gasteiger partial charge in [0.05, 0.1) is 10.9 Å². The Bertz CT molecular complexity index is 605. The third-order valence-corrected chi connectivity index (χ3v) is 4.09. The summed E-state index contributed by atoms with van der Waals surface area (Å²) >= 11 is 6.22. The third kappa shape index (κ3) is 2.54. The number of hydrogen-bond donors (Lipinski definition) is 0. The zero-order chi connectivity index (χ0) is 14.1. The molecule has 5 heteroatoms. The van der Waals surface area contributed by atoms with Crippen LogP contribution < -0.4 is 0 Å². The molecule has 2 aromatic rings. The molecule has 0 aliphatic carbocycles. The van der Waals surface area contributed by atoms with Crippen molar-refractivity contribution >= 4 is 22.6 Å². The van der Waals surface area contributed by atoms with Crippen LogP contribution in [0.5, 0.6) is 0 Å². The number of rotatable bonds is 3. The van der Waals surface area contributed by atoms with E-state index in [-0.39, 0.29) is 11.2 Å². The van der Waals surface area contributed by atoms with E-state index in [1.165, 1.54) is 6.07 Å². The lowest BCUT2D eigenvalue weighted by Crippen LogP contribution is -2.21. The molecule has 1 aromatic heterocycles. The Labute approximate surface area is 122 Å². The minimum absolute atomic E-state index is 0.235. The van der Waals surface area contributed by atoms with Gasteiger partial charge in [-0.1, -0.05) is 6.07 Å². The van der Waals surface area contributed by atoms with Crippen molar-refractivity contribution in [1.29, 1.82) is 0 Å². The summed E-state index contributed by atoms with van der Waals surface area (Å²) in [4.78, 5) is 4.40. The maximum absolute atomic E-state index is 13.9. The molecule has 3 rings (SSSR count). The minimum atomic E-state index is -0.285. The average molecular weight is 297 g/mol. The van der Waals surface area contributed by atoms with Gasteiger partial charge in [0.15, 0.2) is 5.82 Å². The molecule has 1 fully saturated rings. The predicted molar refractivity (Wildman–Crippen MR) is 77.5 cm³/mol. The van der Waals surface area contributed by atoms with Gasteiger partial charge in [0.1, 0.15) is 11.3 Å². The van der Waals surface area contributed by atoms with Crippen LogP contribution in [-0.2, 0) is 11.3 Å². The number of benzene rings is 1. The van der Waals surface area contributed by atoms with Crippen molar-refractivity contribution in [3.05, 3.63) is 29.8 Å². The highest BCUT2D eigenvalue weighted by molar-refractivity contribution is 6.20. The second-order valence-corrected chi connectivity index (χ2v) is 6.01. The number of halogens is 2. The second kappa shape index (κ2) is 5.70. The molecule has 3 nitrogen and oxygen atoms in total. The molecular weight excluding hydrogens is 279 g/mol. The van der Waals surface area contributed by atoms with Crippen molar-refractivity contribution in [2.24, 2.45) is 5.92 Å². The van der Waals surface area contributed by atoms with Crippen LogP contribution in [0.15, 0.2) is 18.2 Å². The van der Waals surface area contributed by atoms with Crippen LogP contribution in [0, 0.1) is 11.7 Å². The Hall–Kier alpha value is -1.13. The highest BCUT2D eigenvalue weighted by Gasteiger charge is 2.21. The van der Waals surface area contributed by atoms with Gasteiger partial charge in [0.25, 0.3) is 0 Å². The summed E-state index contributed by atoms with van der Waals surface area (Å²) in [5.41, 5.74) is 1.25. The summed E-state index contributed by atoms with van der Waals surface area (Å²) in [6.45, 7) is 4.31. The molecule has 0 spiro atoms. The number of aromatic nitrogens is 2. The first-order valence-corrected chi connectivity index (χ1v) is 7.47. The Kier molecular flexibility index (Phi) is 3.94. The quantitative estimate of drug-likeness (QED) is 0.803. The number of imidazole rings is 1. The normalized spacial score (nSPS) is 18.6. The zero-order valence-electron chi connectivity index (χ0n) is 11.5. The molecule has 1 unspecified atom stereocenters. The van der Waals surface area contributed by atoms with Crippen LogP contribution >= 0.6 is 11.6 Å². The van der Waals surface area contributed by atoms with E-state index in [0.717, 1.165) is 43.9 Å². The molecule has 1 aliphatic rings. The number of fused-ring (bicyclic) bond motifs is 1. The zero-order valence-corrected chi connectivity index (χ0v) is 12.2. The number of alkyl halides is 1. The van der Waals surface area contributed by atoms with Crippen LogP contribution in [0.1, 0.15) is 31.0 Å². The van der Waals surface area contributed by atoms with Crippen LogP contribution in [0.3, 0.4) is 0 Å². The van der Waals surface area contributed by atoms with Crippen LogP contribution in [-0.4, -0.2) is 22.8 Å². The van der Waals surface area contributed by atoms with Crippen LogP contribution in [0.4, 0.5) is 4.39 Å². The maximum Gasteiger partial charge on any atom is 0.151 e. The summed E-state index contributed by atoms with van der Waals surface area (Å²) in [5, 5.41) is -0.235. The fourth-order valence-electron chi connectivity index (χ4n) is 2.81. The number of ether oxygens (including phenoxy) is 1. The third-order valence-electron chi connectivity index (χ3n) is 3.90. The maximum atomic E-state index is 13.9. The molecule has 1 aliphatic heterocycles. The molecule has 108 valence electrons. The first-order valence-electron chi connectivity index (χ1n) is 7.03. The van der Waals surface area contributed by atoms with Gasteiger partial charge in [0, 0.05) is 19.8 Å². The summed E-state index contributed by atoms with van der Waals surface area (Å²) in [6, 6.07) is 5.08. The second-order valence-electron chi connectivity index (χ2n) is 5.36. The molecule has 1 atom stereocenters. The Balaban J connectivity index is 2.02.